The number of rotatable bonds is 4. The van der Waals surface area contributed by atoms with Crippen LogP contribution >= 0.6 is 0 Å². The Balaban J connectivity index is 1.99. The number of quaternary nitrogens is 1. The molecule has 6 aromatic rings. The first-order valence-electron chi connectivity index (χ1n) is 16.2. The van der Waals surface area contributed by atoms with Crippen molar-refractivity contribution in [3.63, 3.8) is 0 Å². The number of hydrogen-bond acceptors (Lipinski definition) is 0. The summed E-state index contributed by atoms with van der Waals surface area (Å²) in [5.41, 5.74) is -31.9. The molecule has 6 aromatic carbocycles. The first-order chi connectivity index (χ1) is 29.6. The number of halogens is 26. The summed E-state index contributed by atoms with van der Waals surface area (Å²) in [6.45, 7) is 0. The van der Waals surface area contributed by atoms with Gasteiger partial charge in [-0.05, 0) is 0 Å². The van der Waals surface area contributed by atoms with Crippen molar-refractivity contribution < 1.29 is 119 Å². The standard InChI is InChI=1S/C36H2BF26N/c38-10-1(4-13(41)24(52)32(60)25(53)14(4)42)7(18(46)29(57)21(10)49)37(8-2(11(39)22(50)30(58)19(8)47)5-15(43)26(54)33(61)27(55)16(5)44)9-3(12(40)23(51)31(59)20(9)48)6-17(45)28(56)34(62)35(63)36(6)64-37/h64H2. The summed E-state index contributed by atoms with van der Waals surface area (Å²) in [7, 11) is 0. The summed E-state index contributed by atoms with van der Waals surface area (Å²) in [6, 6.07) is 0. The van der Waals surface area contributed by atoms with Gasteiger partial charge in [-0.3, -0.25) is 0 Å². The normalized spacial score (nSPS) is 13.2. The highest BCUT2D eigenvalue weighted by molar-refractivity contribution is 7.08. The van der Waals surface area contributed by atoms with Crippen LogP contribution in [-0.4, -0.2) is 6.28 Å². The van der Waals surface area contributed by atoms with Gasteiger partial charge in [-0.25, -0.2) is 110 Å². The van der Waals surface area contributed by atoms with Crippen LogP contribution in [0.15, 0.2) is 0 Å². The number of benzene rings is 6. The Morgan fingerprint density at radius 1 is 0.172 bits per heavy atom. The monoisotopic (exact) mass is 953 g/mol. The highest BCUT2D eigenvalue weighted by atomic mass is 19.2. The first kappa shape index (κ1) is 45.5. The number of nitrogens with two attached hydrogens (primary N) is 1. The lowest BCUT2D eigenvalue weighted by atomic mass is 9.21. The fourth-order valence-electron chi connectivity index (χ4n) is 7.59. The van der Waals surface area contributed by atoms with Crippen molar-refractivity contribution in [3.05, 3.63) is 151 Å². The van der Waals surface area contributed by atoms with Crippen LogP contribution < -0.4 is 21.6 Å². The van der Waals surface area contributed by atoms with Crippen molar-refractivity contribution in [2.45, 2.75) is 0 Å². The molecule has 0 saturated carbocycles. The zero-order chi connectivity index (χ0) is 48.0. The molecule has 0 amide bonds. The van der Waals surface area contributed by atoms with Crippen molar-refractivity contribution >= 4 is 28.4 Å². The summed E-state index contributed by atoms with van der Waals surface area (Å²) in [5, 5.41) is -1.21. The predicted octanol–water partition coefficient (Wildman–Crippen LogP) is 9.48. The molecule has 0 unspecified atom stereocenters. The van der Waals surface area contributed by atoms with Crippen molar-refractivity contribution in [2.75, 3.05) is 0 Å². The van der Waals surface area contributed by atoms with E-state index < -0.39 is 218 Å². The quantitative estimate of drug-likeness (QED) is 0.0597. The zero-order valence-electron chi connectivity index (χ0n) is 29.0. The molecule has 1 aliphatic heterocycles. The molecule has 2 N–H and O–H groups in total. The molecule has 0 atom stereocenters. The second-order valence-corrected chi connectivity index (χ2v) is 13.2. The van der Waals surface area contributed by atoms with E-state index in [1.807, 2.05) is 0 Å². The molecule has 28 heteroatoms. The average molecular weight is 953 g/mol. The van der Waals surface area contributed by atoms with E-state index >= 15 is 79.0 Å². The van der Waals surface area contributed by atoms with Crippen LogP contribution in [0.5, 0.6) is 0 Å². The van der Waals surface area contributed by atoms with Gasteiger partial charge >= 0.3 is 6.28 Å². The minimum Gasteiger partial charge on any atom is -0.488 e. The lowest BCUT2D eigenvalue weighted by Gasteiger charge is -2.46. The Kier molecular flexibility index (Phi) is 10.5. The Bertz CT molecular complexity index is 2970. The van der Waals surface area contributed by atoms with E-state index in [9.17, 15) is 35.1 Å². The molecule has 0 bridgehead atoms. The molecular weight excluding hydrogens is 951 g/mol. The molecule has 336 valence electrons. The molecule has 0 spiro atoms. The van der Waals surface area contributed by atoms with E-state index in [0.717, 1.165) is 0 Å². The van der Waals surface area contributed by atoms with Crippen LogP contribution in [0.4, 0.5) is 120 Å². The maximum atomic E-state index is 16.9. The van der Waals surface area contributed by atoms with Crippen LogP contribution in [0.25, 0.3) is 33.4 Å². The smallest absolute Gasteiger partial charge is 0.303 e. The Hall–Kier alpha value is -6.48. The average Bonchev–Trinajstić information content (AvgIpc) is 3.27. The van der Waals surface area contributed by atoms with Gasteiger partial charge in [0.25, 0.3) is 0 Å². The molecule has 0 radical (unpaired) electrons. The maximum absolute atomic E-state index is 16.9. The van der Waals surface area contributed by atoms with Gasteiger partial charge in [0.2, 0.25) is 23.3 Å². The minimum absolute atomic E-state index is 1.21. The fourth-order valence-corrected chi connectivity index (χ4v) is 7.59. The van der Waals surface area contributed by atoms with Crippen LogP contribution in [0, 0.1) is 151 Å². The molecule has 0 saturated heterocycles. The fraction of sp³-hybridized carbons (Fsp3) is 0. The largest absolute Gasteiger partial charge is 0.488 e. The molecule has 1 nitrogen and oxygen atoms in total. The van der Waals surface area contributed by atoms with E-state index in [0.29, 0.717) is 0 Å². The second-order valence-electron chi connectivity index (χ2n) is 13.2. The van der Waals surface area contributed by atoms with Crippen molar-refractivity contribution in [2.24, 2.45) is 0 Å². The molecule has 7 rings (SSSR count). The highest BCUT2D eigenvalue weighted by Gasteiger charge is 2.57. The Morgan fingerprint density at radius 3 is 0.609 bits per heavy atom. The second kappa shape index (κ2) is 14.8. The van der Waals surface area contributed by atoms with E-state index in [2.05, 4.69) is 0 Å². The SMILES string of the molecule is Fc1c(F)c(F)c(-c2c(F)c(F)c(F)c(F)c2[B-]2(c3c(F)c(F)c(F)c(F)c3-c3c(F)c(F)c(F)c(F)c3F)[NH2+]c3c(F)c(F)c(F)c(F)c3-c3c(F)c(F)c(F)c(F)c32)c(F)c1F. The van der Waals surface area contributed by atoms with E-state index in [-0.39, 0.29) is 0 Å². The van der Waals surface area contributed by atoms with Gasteiger partial charge in [0, 0.05) is 16.7 Å². The molecule has 1 heterocycles. The van der Waals surface area contributed by atoms with Crippen LogP contribution in [0.1, 0.15) is 0 Å². The van der Waals surface area contributed by atoms with Gasteiger partial charge in [0.05, 0.1) is 16.7 Å². The van der Waals surface area contributed by atoms with Gasteiger partial charge in [-0.2, -0.15) is 4.39 Å². The van der Waals surface area contributed by atoms with Gasteiger partial charge in [0.15, 0.2) is 111 Å². The third-order valence-corrected chi connectivity index (χ3v) is 10.2. The van der Waals surface area contributed by atoms with Gasteiger partial charge < -0.3 is 5.23 Å². The summed E-state index contributed by atoms with van der Waals surface area (Å²) in [6.07, 6.45) is -7.00. The summed E-state index contributed by atoms with van der Waals surface area (Å²) in [4.78, 5) is 0. The summed E-state index contributed by atoms with van der Waals surface area (Å²) >= 11 is 0. The van der Waals surface area contributed by atoms with Crippen molar-refractivity contribution in [1.82, 2.24) is 0 Å². The van der Waals surface area contributed by atoms with Crippen LogP contribution in [0.2, 0.25) is 0 Å². The maximum Gasteiger partial charge on any atom is 0.303 e. The lowest BCUT2D eigenvalue weighted by Crippen LogP contribution is -3.10. The summed E-state index contributed by atoms with van der Waals surface area (Å²) < 4.78 is 402. The molecule has 0 aliphatic carbocycles. The van der Waals surface area contributed by atoms with Gasteiger partial charge in [-0.15, -0.1) is 0 Å². The topological polar surface area (TPSA) is 16.6 Å². The highest BCUT2D eigenvalue weighted by Crippen LogP contribution is 2.44. The number of fused-ring (bicyclic) bond motifs is 3. The van der Waals surface area contributed by atoms with Gasteiger partial charge in [-0.1, -0.05) is 16.4 Å². The molecule has 0 fully saturated rings. The molecule has 1 aliphatic rings. The van der Waals surface area contributed by atoms with Crippen LogP contribution in [-0.2, 0) is 0 Å². The predicted molar refractivity (Wildman–Crippen MR) is 161 cm³/mol. The lowest BCUT2D eigenvalue weighted by molar-refractivity contribution is -0.429. The van der Waals surface area contributed by atoms with Crippen molar-refractivity contribution in [1.29, 1.82) is 0 Å². The first-order valence-corrected chi connectivity index (χ1v) is 16.2. The van der Waals surface area contributed by atoms with Crippen LogP contribution in [0.3, 0.4) is 0 Å². The minimum atomic E-state index is -7.00. The zero-order valence-corrected chi connectivity index (χ0v) is 29.0. The molecule has 0 aromatic heterocycles. The summed E-state index contributed by atoms with van der Waals surface area (Å²) in [5.74, 6) is -91.3. The van der Waals surface area contributed by atoms with E-state index in [1.54, 1.807) is 0 Å². The Morgan fingerprint density at radius 2 is 0.344 bits per heavy atom. The molecular formula is C36H2BF26N. The molecule has 64 heavy (non-hydrogen) atoms. The third-order valence-electron chi connectivity index (χ3n) is 10.2. The third kappa shape index (κ3) is 5.55. The van der Waals surface area contributed by atoms with E-state index in [4.69, 9.17) is 0 Å². The van der Waals surface area contributed by atoms with E-state index in [1.165, 1.54) is 0 Å². The van der Waals surface area contributed by atoms with Crippen molar-refractivity contribution in [3.8, 4) is 33.4 Å². The Labute approximate surface area is 332 Å². The number of hydrogen-bond donors (Lipinski definition) is 1. The van der Waals surface area contributed by atoms with Gasteiger partial charge in [0.1, 0.15) is 23.1 Å².